The molecule has 0 aromatic rings. The number of aliphatic hydroxyl groups excluding tert-OH is 6. The smallest absolute Gasteiger partial charge is 0.216 e. The molecule has 2 aliphatic rings. The molecule has 0 spiro atoms. The van der Waals surface area contributed by atoms with Gasteiger partial charge in [-0.15, -0.1) is 0 Å². The summed E-state index contributed by atoms with van der Waals surface area (Å²) in [5.74, 6) is -2.60. The average molecular weight is 342 g/mol. The molecule has 0 bridgehead atoms. The Bertz CT molecular complexity index is 389. The van der Waals surface area contributed by atoms with Gasteiger partial charge in [0.25, 0.3) is 0 Å². The van der Waals surface area contributed by atoms with Crippen LogP contribution in [0.15, 0.2) is 0 Å². The van der Waals surface area contributed by atoms with Gasteiger partial charge in [-0.1, -0.05) is 0 Å². The molecule has 11 nitrogen and oxygen atoms in total. The van der Waals surface area contributed by atoms with Gasteiger partial charge in [-0.05, 0) is 0 Å². The van der Waals surface area contributed by atoms with E-state index in [1.807, 2.05) is 0 Å². The Balaban J connectivity index is 1.92. The number of ether oxygens (including phenoxy) is 3. The van der Waals surface area contributed by atoms with Crippen LogP contribution in [0, 0.1) is 0 Å². The van der Waals surface area contributed by atoms with Crippen LogP contribution in [0.5, 0.6) is 0 Å². The predicted molar refractivity (Wildman–Crippen MR) is 68.6 cm³/mol. The van der Waals surface area contributed by atoms with Crippen molar-refractivity contribution < 1.29 is 55.1 Å². The fourth-order valence-corrected chi connectivity index (χ4v) is 2.43. The minimum Gasteiger partial charge on any atom is -0.394 e. The Kier molecular flexibility index (Phi) is 5.92. The summed E-state index contributed by atoms with van der Waals surface area (Å²) in [6, 6.07) is 0. The molecule has 2 saturated heterocycles. The minimum absolute atomic E-state index is 0.420. The van der Waals surface area contributed by atoms with E-state index in [1.54, 1.807) is 0 Å². The van der Waals surface area contributed by atoms with Gasteiger partial charge in [-0.3, -0.25) is 0 Å². The molecular weight excluding hydrogens is 320 g/mol. The van der Waals surface area contributed by atoms with Crippen molar-refractivity contribution in [3.8, 4) is 0 Å². The van der Waals surface area contributed by atoms with Gasteiger partial charge in [0.15, 0.2) is 6.29 Å². The van der Waals surface area contributed by atoms with E-state index in [9.17, 15) is 35.7 Å². The first-order valence-corrected chi connectivity index (χ1v) is 7.03. The van der Waals surface area contributed by atoms with Crippen molar-refractivity contribution >= 4 is 0 Å². The van der Waals surface area contributed by atoms with Crippen LogP contribution in [0.25, 0.3) is 0 Å². The van der Waals surface area contributed by atoms with Crippen molar-refractivity contribution in [3.05, 3.63) is 0 Å². The number of hydrogen-bond donors (Lipinski definition) is 8. The topological polar surface area (TPSA) is 190 Å². The summed E-state index contributed by atoms with van der Waals surface area (Å²) in [4.78, 5) is 0. The lowest BCUT2D eigenvalue weighted by atomic mass is 9.97. The molecule has 11 heteroatoms. The lowest BCUT2D eigenvalue weighted by molar-refractivity contribution is -0.336. The van der Waals surface area contributed by atoms with E-state index in [-0.39, 0.29) is 0 Å². The normalized spacial score (nSPS) is 47.5. The Morgan fingerprint density at radius 1 is 0.913 bits per heavy atom. The molecular formula is C12H22O11. The first kappa shape index (κ1) is 18.9. The third-order valence-electron chi connectivity index (χ3n) is 3.96. The van der Waals surface area contributed by atoms with Crippen molar-refractivity contribution in [2.45, 2.75) is 54.8 Å². The highest BCUT2D eigenvalue weighted by atomic mass is 16.7. The summed E-state index contributed by atoms with van der Waals surface area (Å²) >= 11 is 0. The molecule has 2 fully saturated rings. The van der Waals surface area contributed by atoms with Gasteiger partial charge in [0.05, 0.1) is 13.2 Å². The summed E-state index contributed by atoms with van der Waals surface area (Å²) in [6.45, 7) is -1.71. The zero-order valence-corrected chi connectivity index (χ0v) is 12.0. The van der Waals surface area contributed by atoms with Crippen LogP contribution in [0.1, 0.15) is 0 Å². The van der Waals surface area contributed by atoms with Gasteiger partial charge in [-0.2, -0.15) is 0 Å². The van der Waals surface area contributed by atoms with Gasteiger partial charge in [0, 0.05) is 0 Å². The highest BCUT2D eigenvalue weighted by Crippen LogP contribution is 2.25. The Morgan fingerprint density at radius 2 is 1.57 bits per heavy atom. The molecule has 0 radical (unpaired) electrons. The zero-order valence-electron chi connectivity index (χ0n) is 12.0. The van der Waals surface area contributed by atoms with Crippen LogP contribution in [0.4, 0.5) is 0 Å². The third kappa shape index (κ3) is 3.81. The third-order valence-corrected chi connectivity index (χ3v) is 3.96. The Hall–Kier alpha value is -0.440. The molecule has 8 N–H and O–H groups in total. The maximum atomic E-state index is 9.78. The maximum absolute atomic E-state index is 9.78. The van der Waals surface area contributed by atoms with Crippen molar-refractivity contribution in [1.82, 2.24) is 0 Å². The second-order valence-corrected chi connectivity index (χ2v) is 5.69. The Labute approximate surface area is 130 Å². The Morgan fingerprint density at radius 3 is 2.17 bits per heavy atom. The average Bonchev–Trinajstić information content (AvgIpc) is 2.51. The molecule has 2 rings (SSSR count). The van der Waals surface area contributed by atoms with Crippen molar-refractivity contribution in [1.29, 1.82) is 0 Å². The lowest BCUT2D eigenvalue weighted by Gasteiger charge is -2.42. The van der Waals surface area contributed by atoms with E-state index in [4.69, 9.17) is 19.3 Å². The molecule has 0 amide bonds. The van der Waals surface area contributed by atoms with Gasteiger partial charge < -0.3 is 55.1 Å². The van der Waals surface area contributed by atoms with E-state index < -0.39 is 74.6 Å². The fourth-order valence-electron chi connectivity index (χ4n) is 2.43. The SMILES string of the molecule is OC[C@H]1O[C@H](OC[C@H]2OCC(O)(O)[C@@H](O)[C@@H]2O)[C@H](O)[C@@H](O)[C@@H]1O. The molecule has 0 unspecified atom stereocenters. The molecule has 0 aliphatic carbocycles. The molecule has 2 aliphatic heterocycles. The highest BCUT2D eigenvalue weighted by Gasteiger charge is 2.49. The second-order valence-electron chi connectivity index (χ2n) is 5.69. The maximum Gasteiger partial charge on any atom is 0.216 e. The molecule has 2 heterocycles. The summed E-state index contributed by atoms with van der Waals surface area (Å²) in [5, 5.41) is 76.1. The standard InChI is InChI=1S/C12H22O11/c13-1-4-6(14)8(16)9(17)11(23-4)21-2-5-7(15)10(18)12(19,20)3-22-5/h4-11,13-20H,1-3H2/t4-,5-,6-,7-,8+,9-,10+,11+/m1/s1. The molecule has 8 atom stereocenters. The molecule has 0 aromatic carbocycles. The number of hydrogen-bond acceptors (Lipinski definition) is 11. The molecule has 23 heavy (non-hydrogen) atoms. The first-order chi connectivity index (χ1) is 10.7. The quantitative estimate of drug-likeness (QED) is 0.228. The minimum atomic E-state index is -2.60. The van der Waals surface area contributed by atoms with Crippen molar-refractivity contribution in [3.63, 3.8) is 0 Å². The zero-order chi connectivity index (χ0) is 17.4. The van der Waals surface area contributed by atoms with E-state index in [2.05, 4.69) is 0 Å². The van der Waals surface area contributed by atoms with Gasteiger partial charge in [0.1, 0.15) is 49.3 Å². The highest BCUT2D eigenvalue weighted by molar-refractivity contribution is 4.92. The summed E-state index contributed by atoms with van der Waals surface area (Å²) in [6.07, 6.45) is -12.0. The molecule has 0 saturated carbocycles. The second kappa shape index (κ2) is 7.21. The van der Waals surface area contributed by atoms with Crippen LogP contribution in [-0.4, -0.2) is 115 Å². The number of aliphatic hydroxyl groups is 8. The van der Waals surface area contributed by atoms with E-state index in [1.165, 1.54) is 0 Å². The number of rotatable bonds is 4. The van der Waals surface area contributed by atoms with Crippen molar-refractivity contribution in [2.75, 3.05) is 19.8 Å². The largest absolute Gasteiger partial charge is 0.394 e. The lowest BCUT2D eigenvalue weighted by Crippen LogP contribution is -2.63. The molecule has 0 aromatic heterocycles. The van der Waals surface area contributed by atoms with Gasteiger partial charge in [-0.25, -0.2) is 0 Å². The van der Waals surface area contributed by atoms with Gasteiger partial charge >= 0.3 is 0 Å². The summed E-state index contributed by atoms with van der Waals surface area (Å²) in [7, 11) is 0. The van der Waals surface area contributed by atoms with Gasteiger partial charge in [0.2, 0.25) is 5.79 Å². The predicted octanol–water partition coefficient (Wildman–Crippen LogP) is -5.40. The van der Waals surface area contributed by atoms with E-state index in [0.29, 0.717) is 0 Å². The molecule has 136 valence electrons. The van der Waals surface area contributed by atoms with Crippen LogP contribution in [0.3, 0.4) is 0 Å². The summed E-state index contributed by atoms with van der Waals surface area (Å²) in [5.41, 5.74) is 0. The van der Waals surface area contributed by atoms with Crippen LogP contribution < -0.4 is 0 Å². The van der Waals surface area contributed by atoms with Crippen molar-refractivity contribution in [2.24, 2.45) is 0 Å². The van der Waals surface area contributed by atoms with E-state index in [0.717, 1.165) is 0 Å². The van der Waals surface area contributed by atoms with Crippen LogP contribution >= 0.6 is 0 Å². The van der Waals surface area contributed by atoms with Crippen LogP contribution in [-0.2, 0) is 14.2 Å². The monoisotopic (exact) mass is 342 g/mol. The van der Waals surface area contributed by atoms with Crippen LogP contribution in [0.2, 0.25) is 0 Å². The van der Waals surface area contributed by atoms with E-state index >= 15 is 0 Å². The fraction of sp³-hybridized carbons (Fsp3) is 1.00. The first-order valence-electron chi connectivity index (χ1n) is 7.03. The summed E-state index contributed by atoms with van der Waals surface area (Å²) < 4.78 is 15.2.